The third-order valence-corrected chi connectivity index (χ3v) is 3.95. The Morgan fingerprint density at radius 3 is 2.37 bits per heavy atom. The number of aliphatic hydroxyl groups is 1. The van der Waals surface area contributed by atoms with E-state index in [4.69, 9.17) is 11.0 Å². The average Bonchev–Trinajstić information content (AvgIpc) is 2.67. The fraction of sp³-hybridized carbons (Fsp3) is 0.250. The zero-order valence-corrected chi connectivity index (χ0v) is 15.1. The largest absolute Gasteiger partial charge is 0.383 e. The first-order chi connectivity index (χ1) is 12.9. The van der Waals surface area contributed by atoms with Crippen LogP contribution in [0.2, 0.25) is 0 Å². The van der Waals surface area contributed by atoms with Crippen LogP contribution in [-0.2, 0) is 9.59 Å². The maximum Gasteiger partial charge on any atom is 0.253 e. The number of rotatable bonds is 7. The molecule has 0 radical (unpaired) electrons. The van der Waals surface area contributed by atoms with E-state index in [1.54, 1.807) is 36.4 Å². The summed E-state index contributed by atoms with van der Waals surface area (Å²) in [5.74, 6) is -1.09. The summed E-state index contributed by atoms with van der Waals surface area (Å²) in [5, 5.41) is 21.4. The van der Waals surface area contributed by atoms with Crippen molar-refractivity contribution in [3.8, 4) is 6.07 Å². The summed E-state index contributed by atoms with van der Waals surface area (Å²) in [6.07, 6.45) is -1.87. The lowest BCUT2D eigenvalue weighted by molar-refractivity contribution is -0.129. The van der Waals surface area contributed by atoms with Crippen molar-refractivity contribution >= 4 is 23.2 Å². The SMILES string of the molecule is Cc1ccc(N(CCN)C(=O)CC(O)C(=O)Nc2ccc(C#N)cc2)cc1. The van der Waals surface area contributed by atoms with E-state index in [0.29, 0.717) is 16.9 Å². The number of aliphatic hydroxyl groups excluding tert-OH is 1. The molecular weight excluding hydrogens is 344 g/mol. The first kappa shape index (κ1) is 20.1. The minimum Gasteiger partial charge on any atom is -0.383 e. The van der Waals surface area contributed by atoms with Crippen LogP contribution in [0.4, 0.5) is 11.4 Å². The summed E-state index contributed by atoms with van der Waals surface area (Å²) >= 11 is 0. The number of anilines is 2. The number of nitrogens with zero attached hydrogens (tertiary/aromatic N) is 2. The van der Waals surface area contributed by atoms with Crippen molar-refractivity contribution in [2.75, 3.05) is 23.3 Å². The van der Waals surface area contributed by atoms with Crippen LogP contribution in [0.15, 0.2) is 48.5 Å². The molecule has 0 fully saturated rings. The fourth-order valence-corrected chi connectivity index (χ4v) is 2.47. The number of carbonyl (C=O) groups excluding carboxylic acids is 2. The fourth-order valence-electron chi connectivity index (χ4n) is 2.47. The van der Waals surface area contributed by atoms with Gasteiger partial charge >= 0.3 is 0 Å². The van der Waals surface area contributed by atoms with Gasteiger partial charge in [-0.05, 0) is 43.3 Å². The molecule has 0 saturated heterocycles. The summed E-state index contributed by atoms with van der Waals surface area (Å²) in [7, 11) is 0. The summed E-state index contributed by atoms with van der Waals surface area (Å²) in [4.78, 5) is 26.2. The van der Waals surface area contributed by atoms with Crippen molar-refractivity contribution in [3.63, 3.8) is 0 Å². The predicted octanol–water partition coefficient (Wildman–Crippen LogP) is 1.55. The number of hydrogen-bond donors (Lipinski definition) is 3. The standard InChI is InChI=1S/C20H22N4O3/c1-14-2-8-17(9-3-14)24(11-10-21)19(26)12-18(25)20(27)23-16-6-4-15(13-22)5-7-16/h2-9,18,25H,10-12,21H2,1H3,(H,23,27). The number of aryl methyl sites for hydroxylation is 1. The Morgan fingerprint density at radius 1 is 1.19 bits per heavy atom. The number of nitrogens with one attached hydrogen (secondary N) is 1. The molecular formula is C20H22N4O3. The van der Waals surface area contributed by atoms with Gasteiger partial charge in [0.25, 0.3) is 5.91 Å². The van der Waals surface area contributed by atoms with Gasteiger partial charge in [-0.1, -0.05) is 17.7 Å². The van der Waals surface area contributed by atoms with E-state index in [1.807, 2.05) is 25.1 Å². The van der Waals surface area contributed by atoms with Crippen molar-refractivity contribution in [1.82, 2.24) is 0 Å². The highest BCUT2D eigenvalue weighted by Crippen LogP contribution is 2.17. The molecule has 0 aliphatic heterocycles. The molecule has 2 aromatic carbocycles. The van der Waals surface area contributed by atoms with Gasteiger partial charge in [0.15, 0.2) is 0 Å². The van der Waals surface area contributed by atoms with Crippen molar-refractivity contribution in [1.29, 1.82) is 5.26 Å². The van der Waals surface area contributed by atoms with Crippen LogP contribution < -0.4 is 16.0 Å². The Balaban J connectivity index is 2.01. The van der Waals surface area contributed by atoms with Crippen LogP contribution in [-0.4, -0.2) is 36.1 Å². The van der Waals surface area contributed by atoms with Crippen molar-refractivity contribution in [2.45, 2.75) is 19.4 Å². The summed E-state index contributed by atoms with van der Waals surface area (Å²) in [6.45, 7) is 2.48. The Labute approximate surface area is 158 Å². The average molecular weight is 366 g/mol. The van der Waals surface area contributed by atoms with Crippen LogP contribution >= 0.6 is 0 Å². The van der Waals surface area contributed by atoms with Crippen molar-refractivity contribution in [2.24, 2.45) is 5.73 Å². The molecule has 0 aromatic heterocycles. The maximum atomic E-state index is 12.6. The topological polar surface area (TPSA) is 119 Å². The Morgan fingerprint density at radius 2 is 1.81 bits per heavy atom. The highest BCUT2D eigenvalue weighted by Gasteiger charge is 2.23. The van der Waals surface area contributed by atoms with E-state index in [-0.39, 0.29) is 19.5 Å². The molecule has 0 bridgehead atoms. The minimum atomic E-state index is -1.50. The zero-order valence-electron chi connectivity index (χ0n) is 15.1. The Kier molecular flexibility index (Phi) is 7.06. The van der Waals surface area contributed by atoms with Gasteiger partial charge in [-0.2, -0.15) is 5.26 Å². The molecule has 2 amide bonds. The highest BCUT2D eigenvalue weighted by molar-refractivity contribution is 6.00. The molecule has 7 nitrogen and oxygen atoms in total. The third-order valence-electron chi connectivity index (χ3n) is 3.95. The molecule has 0 heterocycles. The molecule has 4 N–H and O–H groups in total. The van der Waals surface area contributed by atoms with Gasteiger partial charge in [0.05, 0.1) is 18.1 Å². The van der Waals surface area contributed by atoms with Crippen LogP contribution in [0.1, 0.15) is 17.5 Å². The first-order valence-corrected chi connectivity index (χ1v) is 8.50. The van der Waals surface area contributed by atoms with E-state index in [9.17, 15) is 14.7 Å². The number of benzene rings is 2. The number of amides is 2. The van der Waals surface area contributed by atoms with E-state index in [2.05, 4.69) is 5.32 Å². The monoisotopic (exact) mass is 366 g/mol. The lowest BCUT2D eigenvalue weighted by Gasteiger charge is -2.23. The molecule has 27 heavy (non-hydrogen) atoms. The van der Waals surface area contributed by atoms with Crippen LogP contribution in [0.5, 0.6) is 0 Å². The van der Waals surface area contributed by atoms with Gasteiger partial charge in [-0.15, -0.1) is 0 Å². The van der Waals surface area contributed by atoms with Gasteiger partial charge in [0.2, 0.25) is 5.91 Å². The molecule has 1 atom stereocenters. The second-order valence-electron chi connectivity index (χ2n) is 6.07. The maximum absolute atomic E-state index is 12.6. The molecule has 0 spiro atoms. The zero-order chi connectivity index (χ0) is 19.8. The second-order valence-corrected chi connectivity index (χ2v) is 6.07. The molecule has 0 aliphatic rings. The molecule has 7 heteroatoms. The van der Waals surface area contributed by atoms with Gasteiger partial charge in [0, 0.05) is 24.5 Å². The molecule has 1 unspecified atom stereocenters. The smallest absolute Gasteiger partial charge is 0.253 e. The summed E-state index contributed by atoms with van der Waals surface area (Å²) in [5.41, 5.74) is 8.20. The number of nitriles is 1. The minimum absolute atomic E-state index is 0.257. The molecule has 0 saturated carbocycles. The molecule has 0 aliphatic carbocycles. The van der Waals surface area contributed by atoms with Crippen LogP contribution in [0.25, 0.3) is 0 Å². The van der Waals surface area contributed by atoms with Gasteiger partial charge < -0.3 is 21.1 Å². The van der Waals surface area contributed by atoms with Gasteiger partial charge in [0.1, 0.15) is 6.10 Å². The molecule has 2 aromatic rings. The number of nitrogens with two attached hydrogens (primary N) is 1. The summed E-state index contributed by atoms with van der Waals surface area (Å²) in [6, 6.07) is 15.5. The van der Waals surface area contributed by atoms with E-state index in [0.717, 1.165) is 5.56 Å². The molecule has 140 valence electrons. The summed E-state index contributed by atoms with van der Waals surface area (Å²) < 4.78 is 0. The Bertz CT molecular complexity index is 826. The van der Waals surface area contributed by atoms with Gasteiger partial charge in [-0.25, -0.2) is 0 Å². The first-order valence-electron chi connectivity index (χ1n) is 8.50. The van der Waals surface area contributed by atoms with Crippen LogP contribution in [0, 0.1) is 18.3 Å². The lowest BCUT2D eigenvalue weighted by Crippen LogP contribution is -2.39. The quantitative estimate of drug-likeness (QED) is 0.687. The van der Waals surface area contributed by atoms with Crippen LogP contribution in [0.3, 0.4) is 0 Å². The second kappa shape index (κ2) is 9.48. The van der Waals surface area contributed by atoms with E-state index < -0.39 is 17.9 Å². The van der Waals surface area contributed by atoms with Crippen molar-refractivity contribution < 1.29 is 14.7 Å². The predicted molar refractivity (Wildman–Crippen MR) is 103 cm³/mol. The van der Waals surface area contributed by atoms with Gasteiger partial charge in [-0.3, -0.25) is 9.59 Å². The normalized spacial score (nSPS) is 11.3. The van der Waals surface area contributed by atoms with E-state index >= 15 is 0 Å². The Hall–Kier alpha value is -3.21. The highest BCUT2D eigenvalue weighted by atomic mass is 16.3. The molecule has 2 rings (SSSR count). The lowest BCUT2D eigenvalue weighted by atomic mass is 10.1. The van der Waals surface area contributed by atoms with Crippen molar-refractivity contribution in [3.05, 3.63) is 59.7 Å². The third kappa shape index (κ3) is 5.64. The number of hydrogen-bond acceptors (Lipinski definition) is 5. The number of carbonyl (C=O) groups is 2. The van der Waals surface area contributed by atoms with E-state index in [1.165, 1.54) is 4.90 Å².